The van der Waals surface area contributed by atoms with Gasteiger partial charge in [-0.05, 0) is 25.7 Å². The van der Waals surface area contributed by atoms with Gasteiger partial charge in [0, 0.05) is 41.6 Å². The first-order valence-electron chi connectivity index (χ1n) is 10.9. The first kappa shape index (κ1) is 20.8. The number of nitrogens with two attached hydrogens (primary N) is 1. The van der Waals surface area contributed by atoms with Crippen LogP contribution in [0.3, 0.4) is 0 Å². The molecule has 14 heteroatoms. The Kier molecular flexibility index (Phi) is 4.49. The third-order valence-electron chi connectivity index (χ3n) is 6.82. The summed E-state index contributed by atoms with van der Waals surface area (Å²) in [5.74, 6) is -0.127. The van der Waals surface area contributed by atoms with Crippen molar-refractivity contribution in [3.8, 4) is 11.1 Å². The predicted octanol–water partition coefficient (Wildman–Crippen LogP) is 0.774. The van der Waals surface area contributed by atoms with E-state index in [9.17, 15) is 13.2 Å². The minimum atomic E-state index is -3.70. The van der Waals surface area contributed by atoms with Gasteiger partial charge in [-0.2, -0.15) is 19.8 Å². The van der Waals surface area contributed by atoms with Gasteiger partial charge in [0.05, 0.1) is 18.1 Å². The fraction of sp³-hybridized carbons (Fsp3) is 0.400. The van der Waals surface area contributed by atoms with Crippen molar-refractivity contribution < 1.29 is 13.2 Å². The summed E-state index contributed by atoms with van der Waals surface area (Å²) in [7, 11) is -3.70. The smallest absolute Gasteiger partial charge is 0.291 e. The van der Waals surface area contributed by atoms with Crippen molar-refractivity contribution in [2.24, 2.45) is 0 Å². The lowest BCUT2D eigenvalue weighted by molar-refractivity contribution is 0.0556. The van der Waals surface area contributed by atoms with Crippen molar-refractivity contribution in [1.82, 2.24) is 44.9 Å². The second-order valence-corrected chi connectivity index (χ2v) is 10.8. The Morgan fingerprint density at radius 2 is 1.94 bits per heavy atom. The van der Waals surface area contributed by atoms with Crippen LogP contribution in [0.1, 0.15) is 47.9 Å². The number of hydrogen-bond donors (Lipinski definition) is 3. The van der Waals surface area contributed by atoms with E-state index in [2.05, 4.69) is 30.5 Å². The number of carbonyl (C=O) groups excluding carboxylic acids is 1. The minimum Gasteiger partial charge on any atom is -0.382 e. The standard InChI is InChI=1S/C20H22N10O3S/c1-34(32,33)16-15(27-19-14(11-6-23-24-7-11)8-26-30(19)17(16)21)10-4-12-2-3-13(5-10)29(12)20(31)18-22-9-25-28-18/h6-10,12-13H,2-5,21H2,1H3,(H,23,24)(H,22,25,28). The van der Waals surface area contributed by atoms with E-state index in [1.165, 1.54) is 10.8 Å². The largest absolute Gasteiger partial charge is 0.382 e. The molecular weight excluding hydrogens is 460 g/mol. The zero-order chi connectivity index (χ0) is 23.6. The average Bonchev–Trinajstić information content (AvgIpc) is 3.58. The topological polar surface area (TPSA) is 181 Å². The van der Waals surface area contributed by atoms with Crippen molar-refractivity contribution in [3.05, 3.63) is 36.4 Å². The monoisotopic (exact) mass is 482 g/mol. The number of nitrogens with one attached hydrogen (secondary N) is 2. The Hall–Kier alpha value is -3.81. The number of aromatic nitrogens is 8. The lowest BCUT2D eigenvalue weighted by Crippen LogP contribution is -2.46. The van der Waals surface area contributed by atoms with Crippen molar-refractivity contribution in [2.75, 3.05) is 12.0 Å². The summed E-state index contributed by atoms with van der Waals surface area (Å²) in [6.07, 6.45) is 10.2. The molecule has 2 atom stereocenters. The molecule has 0 radical (unpaired) electrons. The lowest BCUT2D eigenvalue weighted by atomic mass is 9.87. The number of amides is 1. The SMILES string of the molecule is CS(=O)(=O)c1c(C2CC3CCC(C2)N3C(=O)c2ncn[nH]2)nc2c(-c3cn[nH]c3)cnn2c1N. The van der Waals surface area contributed by atoms with Crippen molar-refractivity contribution >= 4 is 27.2 Å². The van der Waals surface area contributed by atoms with Gasteiger partial charge in [0.1, 0.15) is 17.0 Å². The van der Waals surface area contributed by atoms with Gasteiger partial charge in [-0.25, -0.2) is 18.4 Å². The van der Waals surface area contributed by atoms with Crippen LogP contribution in [-0.2, 0) is 9.84 Å². The zero-order valence-corrected chi connectivity index (χ0v) is 19.0. The van der Waals surface area contributed by atoms with Crippen LogP contribution in [0, 0.1) is 0 Å². The number of hydrogen-bond acceptors (Lipinski definition) is 9. The Morgan fingerprint density at radius 3 is 2.56 bits per heavy atom. The maximum Gasteiger partial charge on any atom is 0.291 e. The average molecular weight is 483 g/mol. The summed E-state index contributed by atoms with van der Waals surface area (Å²) >= 11 is 0. The molecule has 6 heterocycles. The van der Waals surface area contributed by atoms with Crippen LogP contribution in [-0.4, -0.2) is 77.5 Å². The molecule has 2 saturated heterocycles. The molecule has 0 spiro atoms. The van der Waals surface area contributed by atoms with E-state index in [0.29, 0.717) is 29.7 Å². The first-order valence-corrected chi connectivity index (χ1v) is 12.8. The van der Waals surface area contributed by atoms with Gasteiger partial charge in [0.15, 0.2) is 15.5 Å². The maximum absolute atomic E-state index is 13.0. The van der Waals surface area contributed by atoms with E-state index in [0.717, 1.165) is 24.7 Å². The third-order valence-corrected chi connectivity index (χ3v) is 7.98. The molecule has 2 unspecified atom stereocenters. The molecule has 6 rings (SSSR count). The fourth-order valence-electron chi connectivity index (χ4n) is 5.44. The number of sulfone groups is 1. The molecule has 4 aromatic rings. The van der Waals surface area contributed by atoms with Crippen LogP contribution in [0.5, 0.6) is 0 Å². The second kappa shape index (κ2) is 7.35. The number of anilines is 1. The normalized spacial score (nSPS) is 22.5. The molecule has 176 valence electrons. The number of nitrogen functional groups attached to an aromatic ring is 1. The highest BCUT2D eigenvalue weighted by molar-refractivity contribution is 7.91. The molecule has 13 nitrogen and oxygen atoms in total. The Balaban J connectivity index is 1.45. The minimum absolute atomic E-state index is 0.00116. The van der Waals surface area contributed by atoms with E-state index in [1.807, 2.05) is 4.90 Å². The molecule has 0 saturated carbocycles. The first-order chi connectivity index (χ1) is 16.3. The molecule has 2 aliphatic rings. The van der Waals surface area contributed by atoms with E-state index < -0.39 is 9.84 Å². The summed E-state index contributed by atoms with van der Waals surface area (Å²) < 4.78 is 27.0. The number of carbonyl (C=O) groups is 1. The molecule has 0 aromatic carbocycles. The van der Waals surface area contributed by atoms with Gasteiger partial charge in [-0.3, -0.25) is 15.0 Å². The van der Waals surface area contributed by atoms with Gasteiger partial charge >= 0.3 is 0 Å². The van der Waals surface area contributed by atoms with Gasteiger partial charge in [-0.1, -0.05) is 0 Å². The highest BCUT2D eigenvalue weighted by atomic mass is 32.2. The Bertz CT molecular complexity index is 1480. The van der Waals surface area contributed by atoms with Crippen LogP contribution in [0.2, 0.25) is 0 Å². The molecule has 2 aliphatic heterocycles. The number of rotatable bonds is 4. The number of H-pyrrole nitrogens is 2. The van der Waals surface area contributed by atoms with Gasteiger partial charge < -0.3 is 10.6 Å². The van der Waals surface area contributed by atoms with Gasteiger partial charge in [0.2, 0.25) is 5.82 Å². The van der Waals surface area contributed by atoms with E-state index in [1.54, 1.807) is 18.6 Å². The molecule has 0 aliphatic carbocycles. The van der Waals surface area contributed by atoms with Gasteiger partial charge in [-0.15, -0.1) is 0 Å². The zero-order valence-electron chi connectivity index (χ0n) is 18.2. The summed E-state index contributed by atoms with van der Waals surface area (Å²) in [4.78, 5) is 23.7. The molecule has 1 amide bonds. The van der Waals surface area contributed by atoms with Crippen LogP contribution < -0.4 is 5.73 Å². The summed E-state index contributed by atoms with van der Waals surface area (Å²) in [6, 6.07) is -0.0995. The van der Waals surface area contributed by atoms with E-state index in [4.69, 9.17) is 10.7 Å². The molecule has 34 heavy (non-hydrogen) atoms. The number of aromatic amines is 2. The number of fused-ring (bicyclic) bond motifs is 3. The molecule has 4 N–H and O–H groups in total. The van der Waals surface area contributed by atoms with Crippen molar-refractivity contribution in [2.45, 2.75) is 48.6 Å². The summed E-state index contributed by atoms with van der Waals surface area (Å²) in [5.41, 5.74) is 8.74. The lowest BCUT2D eigenvalue weighted by Gasteiger charge is -2.38. The van der Waals surface area contributed by atoms with Crippen molar-refractivity contribution in [3.63, 3.8) is 0 Å². The molecule has 4 aromatic heterocycles. The molecule has 2 fully saturated rings. The Morgan fingerprint density at radius 1 is 1.18 bits per heavy atom. The quantitative estimate of drug-likeness (QED) is 0.378. The third kappa shape index (κ3) is 3.09. The Labute approximate surface area is 193 Å². The molecule has 2 bridgehead atoms. The predicted molar refractivity (Wildman–Crippen MR) is 119 cm³/mol. The van der Waals surface area contributed by atoms with Crippen LogP contribution >= 0.6 is 0 Å². The van der Waals surface area contributed by atoms with E-state index in [-0.39, 0.29) is 40.4 Å². The van der Waals surface area contributed by atoms with E-state index >= 15 is 0 Å². The van der Waals surface area contributed by atoms with Crippen LogP contribution in [0.15, 0.2) is 29.8 Å². The maximum atomic E-state index is 13.0. The number of piperidine rings is 1. The van der Waals surface area contributed by atoms with Crippen LogP contribution in [0.4, 0.5) is 5.82 Å². The number of nitrogens with zero attached hydrogens (tertiary/aromatic N) is 7. The van der Waals surface area contributed by atoms with Crippen LogP contribution in [0.25, 0.3) is 16.8 Å². The van der Waals surface area contributed by atoms with Gasteiger partial charge in [0.25, 0.3) is 5.91 Å². The second-order valence-electron chi connectivity index (χ2n) is 8.86. The summed E-state index contributed by atoms with van der Waals surface area (Å²) in [5, 5.41) is 17.5. The highest BCUT2D eigenvalue weighted by Crippen LogP contribution is 2.45. The fourth-order valence-corrected chi connectivity index (χ4v) is 6.50. The summed E-state index contributed by atoms with van der Waals surface area (Å²) in [6.45, 7) is 0. The highest BCUT2D eigenvalue weighted by Gasteiger charge is 2.46. The van der Waals surface area contributed by atoms with Crippen molar-refractivity contribution in [1.29, 1.82) is 0 Å². The molecular formula is C20H22N10O3S.